The van der Waals surface area contributed by atoms with E-state index >= 15 is 0 Å². The maximum atomic E-state index is 12.5. The van der Waals surface area contributed by atoms with Gasteiger partial charge < -0.3 is 15.2 Å². The third-order valence-corrected chi connectivity index (χ3v) is 5.28. The van der Waals surface area contributed by atoms with Crippen molar-refractivity contribution in [3.8, 4) is 0 Å². The number of hydrogen-bond acceptors (Lipinski definition) is 4. The van der Waals surface area contributed by atoms with Crippen molar-refractivity contribution >= 4 is 34.4 Å². The van der Waals surface area contributed by atoms with Gasteiger partial charge in [-0.3, -0.25) is 9.36 Å². The number of aromatic nitrogens is 4. The molecule has 0 saturated heterocycles. The molecule has 142 valence electrons. The fourth-order valence-corrected chi connectivity index (χ4v) is 3.56. The molecule has 1 aliphatic heterocycles. The lowest BCUT2D eigenvalue weighted by atomic mass is 9.97. The number of amides is 2. The average molecular weight is 376 g/mol. The van der Waals surface area contributed by atoms with Crippen LogP contribution in [0.15, 0.2) is 43.1 Å². The molecule has 2 aliphatic rings. The molecule has 0 spiro atoms. The summed E-state index contributed by atoms with van der Waals surface area (Å²) in [7, 11) is 0. The second kappa shape index (κ2) is 6.63. The summed E-state index contributed by atoms with van der Waals surface area (Å²) < 4.78 is 1.49. The van der Waals surface area contributed by atoms with Gasteiger partial charge in [0.05, 0.1) is 0 Å². The molecule has 3 aromatic heterocycles. The van der Waals surface area contributed by atoms with Crippen LogP contribution < -0.4 is 5.32 Å². The molecule has 0 atom stereocenters. The number of anilines is 1. The van der Waals surface area contributed by atoms with Gasteiger partial charge in [-0.15, -0.1) is 0 Å². The van der Waals surface area contributed by atoms with Crippen molar-refractivity contribution in [2.24, 2.45) is 5.92 Å². The molecule has 0 radical (unpaired) electrons. The number of nitrogens with zero attached hydrogens (tertiary/aromatic N) is 4. The van der Waals surface area contributed by atoms with Gasteiger partial charge >= 0.3 is 6.03 Å². The minimum Gasteiger partial charge on any atom is -0.346 e. The molecule has 8 nitrogen and oxygen atoms in total. The van der Waals surface area contributed by atoms with Gasteiger partial charge in [0.2, 0.25) is 5.91 Å². The third kappa shape index (κ3) is 3.06. The SMILES string of the molecule is O=C(Nc1cc(C2=CCN(C(=O)n3ccnc3)CC2)c2cc[nH]c2n1)C1CC1. The number of carbonyl (C=O) groups excluding carboxylic acids is 2. The van der Waals surface area contributed by atoms with Crippen LogP contribution in [0.2, 0.25) is 0 Å². The molecule has 1 saturated carbocycles. The van der Waals surface area contributed by atoms with Crippen LogP contribution in [0.1, 0.15) is 24.8 Å². The summed E-state index contributed by atoms with van der Waals surface area (Å²) in [6, 6.07) is 3.86. The number of carbonyl (C=O) groups is 2. The highest BCUT2D eigenvalue weighted by Gasteiger charge is 2.30. The lowest BCUT2D eigenvalue weighted by molar-refractivity contribution is -0.117. The molecule has 0 aromatic carbocycles. The molecule has 1 aliphatic carbocycles. The van der Waals surface area contributed by atoms with Gasteiger partial charge in [0.15, 0.2) is 0 Å². The van der Waals surface area contributed by atoms with Gasteiger partial charge in [-0.25, -0.2) is 14.8 Å². The summed E-state index contributed by atoms with van der Waals surface area (Å²) >= 11 is 0. The molecule has 3 aromatic rings. The van der Waals surface area contributed by atoms with E-state index < -0.39 is 0 Å². The minimum atomic E-state index is -0.0771. The van der Waals surface area contributed by atoms with Crippen LogP contribution in [0, 0.1) is 5.92 Å². The first-order valence-corrected chi connectivity index (χ1v) is 9.44. The number of H-pyrrole nitrogens is 1. The number of imidazole rings is 1. The number of hydrogen-bond donors (Lipinski definition) is 2. The van der Waals surface area contributed by atoms with Crippen LogP contribution in [0.5, 0.6) is 0 Å². The summed E-state index contributed by atoms with van der Waals surface area (Å²) in [5.74, 6) is 0.736. The van der Waals surface area contributed by atoms with Crippen molar-refractivity contribution in [1.82, 2.24) is 24.4 Å². The molecule has 2 amide bonds. The van der Waals surface area contributed by atoms with Crippen molar-refractivity contribution in [2.45, 2.75) is 19.3 Å². The van der Waals surface area contributed by atoms with Gasteiger partial charge in [0.25, 0.3) is 0 Å². The summed E-state index contributed by atoms with van der Waals surface area (Å²) in [4.78, 5) is 38.0. The Hall–Kier alpha value is -3.42. The number of fused-ring (bicyclic) bond motifs is 1. The fourth-order valence-electron chi connectivity index (χ4n) is 3.56. The van der Waals surface area contributed by atoms with Crippen molar-refractivity contribution < 1.29 is 9.59 Å². The van der Waals surface area contributed by atoms with Gasteiger partial charge in [0, 0.05) is 43.0 Å². The Bertz CT molecular complexity index is 1080. The molecule has 4 heterocycles. The predicted molar refractivity (Wildman–Crippen MR) is 105 cm³/mol. The van der Waals surface area contributed by atoms with E-state index in [0.717, 1.165) is 41.4 Å². The normalized spacial score (nSPS) is 16.9. The largest absolute Gasteiger partial charge is 0.346 e. The smallest absolute Gasteiger partial charge is 0.329 e. The molecular weight excluding hydrogens is 356 g/mol. The van der Waals surface area contributed by atoms with Crippen LogP contribution in [0.25, 0.3) is 16.6 Å². The Morgan fingerprint density at radius 2 is 2.18 bits per heavy atom. The lowest BCUT2D eigenvalue weighted by Gasteiger charge is -2.27. The van der Waals surface area contributed by atoms with E-state index in [1.807, 2.05) is 18.3 Å². The van der Waals surface area contributed by atoms with Crippen LogP contribution in [-0.2, 0) is 4.79 Å². The Labute approximate surface area is 161 Å². The van der Waals surface area contributed by atoms with E-state index in [4.69, 9.17) is 0 Å². The average Bonchev–Trinajstić information content (AvgIpc) is 3.22. The zero-order valence-corrected chi connectivity index (χ0v) is 15.3. The van der Waals surface area contributed by atoms with Gasteiger partial charge in [-0.05, 0) is 42.5 Å². The molecule has 0 unspecified atom stereocenters. The van der Waals surface area contributed by atoms with Crippen LogP contribution in [-0.4, -0.2) is 49.4 Å². The maximum absolute atomic E-state index is 12.5. The monoisotopic (exact) mass is 376 g/mol. The maximum Gasteiger partial charge on any atom is 0.329 e. The third-order valence-electron chi connectivity index (χ3n) is 5.28. The Morgan fingerprint density at radius 1 is 1.29 bits per heavy atom. The summed E-state index contributed by atoms with van der Waals surface area (Å²) in [5.41, 5.74) is 2.96. The zero-order valence-electron chi connectivity index (χ0n) is 15.3. The van der Waals surface area contributed by atoms with Gasteiger partial charge in [-0.2, -0.15) is 0 Å². The first kappa shape index (κ1) is 16.7. The van der Waals surface area contributed by atoms with E-state index in [0.29, 0.717) is 18.9 Å². The highest BCUT2D eigenvalue weighted by molar-refractivity contribution is 5.97. The molecule has 0 bridgehead atoms. The summed E-state index contributed by atoms with van der Waals surface area (Å²) in [5, 5.41) is 3.96. The molecular formula is C20H20N6O2. The van der Waals surface area contributed by atoms with Crippen LogP contribution in [0.4, 0.5) is 10.6 Å². The standard InChI is InChI=1S/C20H20N6O2/c27-19(14-1-2-14)24-17-11-16(15-3-6-22-18(15)23-17)13-4-8-25(9-5-13)20(28)26-10-7-21-12-26/h3-4,6-7,10-12,14H,1-2,5,8-9H2,(H2,22,23,24,27). The van der Waals surface area contributed by atoms with E-state index in [1.54, 1.807) is 17.3 Å². The Balaban J connectivity index is 1.41. The highest BCUT2D eigenvalue weighted by atomic mass is 16.2. The van der Waals surface area contributed by atoms with E-state index in [1.165, 1.54) is 10.9 Å². The van der Waals surface area contributed by atoms with E-state index in [9.17, 15) is 9.59 Å². The number of nitrogens with one attached hydrogen (secondary N) is 2. The summed E-state index contributed by atoms with van der Waals surface area (Å²) in [6.07, 6.45) is 11.3. The number of rotatable bonds is 3. The van der Waals surface area contributed by atoms with Crippen LogP contribution >= 0.6 is 0 Å². The lowest BCUT2D eigenvalue weighted by Crippen LogP contribution is -2.37. The van der Waals surface area contributed by atoms with Crippen molar-refractivity contribution in [3.63, 3.8) is 0 Å². The van der Waals surface area contributed by atoms with E-state index in [2.05, 4.69) is 26.3 Å². The fraction of sp³-hybridized carbons (Fsp3) is 0.300. The molecule has 8 heteroatoms. The Kier molecular flexibility index (Phi) is 3.96. The minimum absolute atomic E-state index is 0.0408. The van der Waals surface area contributed by atoms with Gasteiger partial charge in [0.1, 0.15) is 17.8 Å². The molecule has 5 rings (SSSR count). The molecule has 1 fully saturated rings. The van der Waals surface area contributed by atoms with E-state index in [-0.39, 0.29) is 17.9 Å². The second-order valence-electron chi connectivity index (χ2n) is 7.24. The highest BCUT2D eigenvalue weighted by Crippen LogP contribution is 2.33. The molecule has 2 N–H and O–H groups in total. The number of aromatic amines is 1. The van der Waals surface area contributed by atoms with Crippen molar-refractivity contribution in [2.75, 3.05) is 18.4 Å². The Morgan fingerprint density at radius 3 is 2.89 bits per heavy atom. The van der Waals surface area contributed by atoms with Crippen LogP contribution in [0.3, 0.4) is 0 Å². The van der Waals surface area contributed by atoms with Crippen molar-refractivity contribution in [1.29, 1.82) is 0 Å². The first-order valence-electron chi connectivity index (χ1n) is 9.44. The first-order chi connectivity index (χ1) is 13.7. The quantitative estimate of drug-likeness (QED) is 0.735. The van der Waals surface area contributed by atoms with Crippen molar-refractivity contribution in [3.05, 3.63) is 48.7 Å². The predicted octanol–water partition coefficient (Wildman–Crippen LogP) is 2.87. The molecule has 28 heavy (non-hydrogen) atoms. The summed E-state index contributed by atoms with van der Waals surface area (Å²) in [6.45, 7) is 1.16. The van der Waals surface area contributed by atoms with Gasteiger partial charge in [-0.1, -0.05) is 6.08 Å². The topological polar surface area (TPSA) is 95.9 Å². The number of pyridine rings is 1. The second-order valence-corrected chi connectivity index (χ2v) is 7.24. The zero-order chi connectivity index (χ0) is 19.1.